The lowest BCUT2D eigenvalue weighted by molar-refractivity contribution is -0.123. The molecule has 6 nitrogen and oxygen atoms in total. The maximum Gasteiger partial charge on any atom is 0.251 e. The molecule has 0 fully saturated rings. The monoisotopic (exact) mass is 383 g/mol. The molecule has 0 spiro atoms. The van der Waals surface area contributed by atoms with Crippen molar-refractivity contribution in [2.75, 3.05) is 18.4 Å². The molecule has 0 aromatic heterocycles. The minimum Gasteiger partial charge on any atom is -0.345 e. The number of nitrogens with one attached hydrogen (secondary N) is 3. The van der Waals surface area contributed by atoms with Gasteiger partial charge in [-0.05, 0) is 36.4 Å². The Morgan fingerprint density at radius 1 is 0.741 bits per heavy atom. The number of anilines is 1. The van der Waals surface area contributed by atoms with Crippen molar-refractivity contribution in [2.24, 2.45) is 0 Å². The van der Waals surface area contributed by atoms with E-state index in [1.165, 1.54) is 12.1 Å². The Balaban J connectivity index is 1.78. The summed E-state index contributed by atoms with van der Waals surface area (Å²) in [6, 6.07) is 6.08. The van der Waals surface area contributed by atoms with Crippen LogP contribution in [0.15, 0.2) is 36.4 Å². The highest BCUT2D eigenvalue weighted by Crippen LogP contribution is 2.19. The summed E-state index contributed by atoms with van der Waals surface area (Å²) in [5.41, 5.74) is -0.450. The SMILES string of the molecule is O=C(CNC(=O)c1ccc(F)cc1)NCC(=O)Nc1ccc(F)c(F)c1F. The van der Waals surface area contributed by atoms with Crippen LogP contribution in [0.5, 0.6) is 0 Å². The van der Waals surface area contributed by atoms with Gasteiger partial charge in [-0.1, -0.05) is 0 Å². The average molecular weight is 383 g/mol. The highest BCUT2D eigenvalue weighted by atomic mass is 19.2. The van der Waals surface area contributed by atoms with Crippen LogP contribution in [0.3, 0.4) is 0 Å². The first kappa shape index (κ1) is 19.9. The van der Waals surface area contributed by atoms with Crippen LogP contribution in [0.2, 0.25) is 0 Å². The Hall–Kier alpha value is -3.43. The first-order chi connectivity index (χ1) is 12.8. The third-order valence-electron chi connectivity index (χ3n) is 3.27. The maximum absolute atomic E-state index is 13.4. The van der Waals surface area contributed by atoms with E-state index in [1.807, 2.05) is 5.32 Å². The summed E-state index contributed by atoms with van der Waals surface area (Å²) >= 11 is 0. The zero-order chi connectivity index (χ0) is 20.0. The molecule has 10 heteroatoms. The number of amides is 3. The van der Waals surface area contributed by atoms with Crippen LogP contribution in [-0.2, 0) is 9.59 Å². The first-order valence-corrected chi connectivity index (χ1v) is 7.51. The van der Waals surface area contributed by atoms with E-state index in [1.54, 1.807) is 0 Å². The predicted octanol–water partition coefficient (Wildman–Crippen LogP) is 1.73. The lowest BCUT2D eigenvalue weighted by Gasteiger charge is -2.09. The average Bonchev–Trinajstić information content (AvgIpc) is 2.65. The molecule has 2 aromatic carbocycles. The van der Waals surface area contributed by atoms with Gasteiger partial charge < -0.3 is 16.0 Å². The Kier molecular flexibility index (Phi) is 6.47. The van der Waals surface area contributed by atoms with Gasteiger partial charge in [-0.3, -0.25) is 14.4 Å². The molecule has 2 aromatic rings. The topological polar surface area (TPSA) is 87.3 Å². The zero-order valence-electron chi connectivity index (χ0n) is 13.6. The van der Waals surface area contributed by atoms with Gasteiger partial charge in [0.15, 0.2) is 17.5 Å². The summed E-state index contributed by atoms with van der Waals surface area (Å²) in [4.78, 5) is 35.0. The number of hydrogen-bond donors (Lipinski definition) is 3. The molecule has 2 rings (SSSR count). The van der Waals surface area contributed by atoms with E-state index in [9.17, 15) is 31.9 Å². The lowest BCUT2D eigenvalue weighted by atomic mass is 10.2. The van der Waals surface area contributed by atoms with Crippen LogP contribution in [0.25, 0.3) is 0 Å². The van der Waals surface area contributed by atoms with Crippen LogP contribution in [0, 0.1) is 23.3 Å². The van der Waals surface area contributed by atoms with Gasteiger partial charge in [-0.2, -0.15) is 0 Å². The number of rotatable bonds is 6. The van der Waals surface area contributed by atoms with Crippen LogP contribution in [0.4, 0.5) is 23.2 Å². The van der Waals surface area contributed by atoms with Crippen LogP contribution in [-0.4, -0.2) is 30.8 Å². The number of carbonyl (C=O) groups excluding carboxylic acids is 3. The fourth-order valence-corrected chi connectivity index (χ4v) is 1.92. The summed E-state index contributed by atoms with van der Waals surface area (Å²) in [5, 5.41) is 6.38. The van der Waals surface area contributed by atoms with Gasteiger partial charge in [0.25, 0.3) is 5.91 Å². The zero-order valence-corrected chi connectivity index (χ0v) is 13.6. The number of carbonyl (C=O) groups is 3. The summed E-state index contributed by atoms with van der Waals surface area (Å²) in [5.74, 6) is -7.48. The fourth-order valence-electron chi connectivity index (χ4n) is 1.92. The molecule has 0 saturated carbocycles. The Morgan fingerprint density at radius 3 is 2.04 bits per heavy atom. The van der Waals surface area contributed by atoms with Crippen LogP contribution in [0.1, 0.15) is 10.4 Å². The van der Waals surface area contributed by atoms with Gasteiger partial charge in [0.05, 0.1) is 18.8 Å². The van der Waals surface area contributed by atoms with Gasteiger partial charge in [0.2, 0.25) is 11.8 Å². The number of hydrogen-bond acceptors (Lipinski definition) is 3. The van der Waals surface area contributed by atoms with Gasteiger partial charge in [0.1, 0.15) is 5.82 Å². The fraction of sp³-hybridized carbons (Fsp3) is 0.118. The van der Waals surface area contributed by atoms with Crippen LogP contribution >= 0.6 is 0 Å². The van der Waals surface area contributed by atoms with Crippen molar-refractivity contribution in [3.8, 4) is 0 Å². The van der Waals surface area contributed by atoms with E-state index < -0.39 is 59.8 Å². The summed E-state index contributed by atoms with van der Waals surface area (Å²) in [7, 11) is 0. The molecule has 0 aliphatic rings. The van der Waals surface area contributed by atoms with Crippen molar-refractivity contribution in [3.63, 3.8) is 0 Å². The molecular weight excluding hydrogens is 370 g/mol. The second kappa shape index (κ2) is 8.79. The van der Waals surface area contributed by atoms with Crippen molar-refractivity contribution < 1.29 is 31.9 Å². The molecule has 0 unspecified atom stereocenters. The lowest BCUT2D eigenvalue weighted by Crippen LogP contribution is -2.40. The van der Waals surface area contributed by atoms with Gasteiger partial charge in [0, 0.05) is 5.56 Å². The van der Waals surface area contributed by atoms with Crippen molar-refractivity contribution in [2.45, 2.75) is 0 Å². The number of halogens is 4. The first-order valence-electron chi connectivity index (χ1n) is 7.51. The highest BCUT2D eigenvalue weighted by molar-refractivity contribution is 5.98. The molecule has 142 valence electrons. The molecule has 0 atom stereocenters. The smallest absolute Gasteiger partial charge is 0.251 e. The molecule has 0 saturated heterocycles. The van der Waals surface area contributed by atoms with Gasteiger partial charge in [-0.25, -0.2) is 17.6 Å². The second-order valence-electron chi connectivity index (χ2n) is 5.24. The van der Waals surface area contributed by atoms with Crippen LogP contribution < -0.4 is 16.0 Å². The standard InChI is InChI=1S/C17H13F4N3O3/c18-10-3-1-9(2-4-10)17(27)23-7-13(25)22-8-14(26)24-12-6-5-11(19)15(20)16(12)21/h1-6H,7-8H2,(H,22,25)(H,23,27)(H,24,26). The Labute approximate surface area is 150 Å². The molecule has 0 bridgehead atoms. The third-order valence-corrected chi connectivity index (χ3v) is 3.27. The highest BCUT2D eigenvalue weighted by Gasteiger charge is 2.15. The van der Waals surface area contributed by atoms with E-state index in [0.29, 0.717) is 6.07 Å². The summed E-state index contributed by atoms with van der Waals surface area (Å²) < 4.78 is 52.1. The normalized spacial score (nSPS) is 10.2. The minimum absolute atomic E-state index is 0.135. The molecule has 3 amide bonds. The molecule has 27 heavy (non-hydrogen) atoms. The second-order valence-corrected chi connectivity index (χ2v) is 5.24. The van der Waals surface area contributed by atoms with E-state index in [0.717, 1.165) is 18.2 Å². The maximum atomic E-state index is 13.4. The van der Waals surface area contributed by atoms with E-state index in [2.05, 4.69) is 10.6 Å². The molecule has 0 radical (unpaired) electrons. The van der Waals surface area contributed by atoms with Crippen molar-refractivity contribution in [3.05, 3.63) is 65.2 Å². The Morgan fingerprint density at radius 2 is 1.37 bits per heavy atom. The predicted molar refractivity (Wildman–Crippen MR) is 86.7 cm³/mol. The minimum atomic E-state index is -1.74. The van der Waals surface area contributed by atoms with E-state index in [-0.39, 0.29) is 5.56 Å². The van der Waals surface area contributed by atoms with Gasteiger partial charge in [-0.15, -0.1) is 0 Å². The molecule has 0 heterocycles. The van der Waals surface area contributed by atoms with Crippen molar-refractivity contribution in [1.29, 1.82) is 0 Å². The van der Waals surface area contributed by atoms with E-state index >= 15 is 0 Å². The third kappa shape index (κ3) is 5.53. The van der Waals surface area contributed by atoms with Crippen molar-refractivity contribution >= 4 is 23.4 Å². The molecule has 0 aliphatic carbocycles. The molecule has 3 N–H and O–H groups in total. The summed E-state index contributed by atoms with van der Waals surface area (Å²) in [6.07, 6.45) is 0. The Bertz CT molecular complexity index is 872. The quantitative estimate of drug-likeness (QED) is 0.525. The van der Waals surface area contributed by atoms with E-state index in [4.69, 9.17) is 0 Å². The molecule has 0 aliphatic heterocycles. The van der Waals surface area contributed by atoms with Crippen molar-refractivity contribution in [1.82, 2.24) is 10.6 Å². The number of benzene rings is 2. The van der Waals surface area contributed by atoms with Gasteiger partial charge >= 0.3 is 0 Å². The molecular formula is C17H13F4N3O3. The summed E-state index contributed by atoms with van der Waals surface area (Å²) in [6.45, 7) is -1.06. The largest absolute Gasteiger partial charge is 0.345 e.